The molecule has 1 unspecified atom stereocenters. The molecule has 1 aromatic carbocycles. The van der Waals surface area contributed by atoms with Crippen molar-refractivity contribution < 1.29 is 4.79 Å². The van der Waals surface area contributed by atoms with E-state index in [1.165, 1.54) is 6.42 Å². The lowest BCUT2D eigenvalue weighted by Gasteiger charge is -2.34. The maximum absolute atomic E-state index is 13.3. The molecular formula is C27H36N4O2. The molecule has 2 aromatic rings. The van der Waals surface area contributed by atoms with E-state index in [1.54, 1.807) is 0 Å². The van der Waals surface area contributed by atoms with Gasteiger partial charge in [0.15, 0.2) is 0 Å². The van der Waals surface area contributed by atoms with Crippen LogP contribution in [0.5, 0.6) is 0 Å². The molecule has 2 aliphatic rings. The lowest BCUT2D eigenvalue weighted by molar-refractivity contribution is 0.0950. The Labute approximate surface area is 196 Å². The Balaban J connectivity index is 1.69. The van der Waals surface area contributed by atoms with Gasteiger partial charge in [0.25, 0.3) is 11.5 Å². The zero-order valence-electron chi connectivity index (χ0n) is 19.9. The first-order valence-corrected chi connectivity index (χ1v) is 12.3. The number of pyridine rings is 1. The van der Waals surface area contributed by atoms with Crippen LogP contribution in [-0.4, -0.2) is 36.6 Å². The Hall–Kier alpha value is -2.86. The molecular weight excluding hydrogens is 412 g/mol. The van der Waals surface area contributed by atoms with Gasteiger partial charge < -0.3 is 20.5 Å². The van der Waals surface area contributed by atoms with Crippen molar-refractivity contribution in [1.29, 1.82) is 0 Å². The molecule has 1 fully saturated rings. The monoisotopic (exact) mass is 448 g/mol. The van der Waals surface area contributed by atoms with Crippen molar-refractivity contribution in [2.75, 3.05) is 24.5 Å². The number of carbonyl (C=O) groups is 1. The second kappa shape index (κ2) is 10.8. The van der Waals surface area contributed by atoms with Crippen molar-refractivity contribution in [3.05, 3.63) is 74.7 Å². The number of aromatic nitrogens is 1. The minimum atomic E-state index is -0.120. The number of hydrogen-bond donors (Lipinski definition) is 3. The molecule has 4 rings (SSSR count). The molecule has 6 heteroatoms. The maximum Gasteiger partial charge on any atom is 0.253 e. The number of rotatable bonds is 3. The summed E-state index contributed by atoms with van der Waals surface area (Å²) in [4.78, 5) is 31.3. The summed E-state index contributed by atoms with van der Waals surface area (Å²) in [6.07, 6.45) is 10.2. The van der Waals surface area contributed by atoms with Gasteiger partial charge in [0.2, 0.25) is 0 Å². The Morgan fingerprint density at radius 1 is 1.09 bits per heavy atom. The molecule has 176 valence electrons. The van der Waals surface area contributed by atoms with Crippen molar-refractivity contribution in [2.24, 2.45) is 0 Å². The summed E-state index contributed by atoms with van der Waals surface area (Å²) < 4.78 is 0. The predicted molar refractivity (Wildman–Crippen MR) is 134 cm³/mol. The van der Waals surface area contributed by atoms with Gasteiger partial charge >= 0.3 is 0 Å². The molecule has 0 aliphatic carbocycles. The van der Waals surface area contributed by atoms with E-state index in [0.717, 1.165) is 74.2 Å². The smallest absolute Gasteiger partial charge is 0.253 e. The topological polar surface area (TPSA) is 77.2 Å². The molecule has 3 heterocycles. The second-order valence-electron chi connectivity index (χ2n) is 9.11. The van der Waals surface area contributed by atoms with E-state index >= 15 is 0 Å². The lowest BCUT2D eigenvalue weighted by atomic mass is 9.96. The first-order valence-electron chi connectivity index (χ1n) is 12.3. The number of hydrogen-bond acceptors (Lipinski definition) is 4. The van der Waals surface area contributed by atoms with Gasteiger partial charge in [-0.1, -0.05) is 18.2 Å². The van der Waals surface area contributed by atoms with Gasteiger partial charge in [0.05, 0.1) is 0 Å². The molecule has 0 saturated carbocycles. The van der Waals surface area contributed by atoms with E-state index in [2.05, 4.69) is 45.7 Å². The largest absolute Gasteiger partial charge is 0.369 e. The third kappa shape index (κ3) is 5.38. The zero-order chi connectivity index (χ0) is 23.2. The minimum absolute atomic E-state index is 0.112. The first kappa shape index (κ1) is 23.3. The third-order valence-electron chi connectivity index (χ3n) is 6.89. The van der Waals surface area contributed by atoms with Crippen LogP contribution in [0.25, 0.3) is 0 Å². The summed E-state index contributed by atoms with van der Waals surface area (Å²) in [6.45, 7) is 7.36. The molecule has 0 bridgehead atoms. The molecule has 3 N–H and O–H groups in total. The van der Waals surface area contributed by atoms with Crippen molar-refractivity contribution in [2.45, 2.75) is 65.0 Å². The Bertz CT molecular complexity index is 1060. The molecule has 1 atom stereocenters. The van der Waals surface area contributed by atoms with Gasteiger partial charge in [0, 0.05) is 41.6 Å². The highest BCUT2D eigenvalue weighted by Gasteiger charge is 2.24. The summed E-state index contributed by atoms with van der Waals surface area (Å²) in [7, 11) is 0. The van der Waals surface area contributed by atoms with Crippen LogP contribution in [0.15, 0.2) is 41.2 Å². The number of anilines is 1. The number of nitrogens with zero attached hydrogens (tertiary/aromatic N) is 1. The normalized spacial score (nSPS) is 20.3. The fraction of sp³-hybridized carbons (Fsp3) is 0.481. The number of aromatic amines is 1. The SMILES string of the molecule is CCN(c1cccc2c1C/C=C/CCc1cc(C)[nH]c(=O)c1CNC2=O)C1CCCNCC1. The number of fused-ring (bicyclic) bond motifs is 2. The van der Waals surface area contributed by atoms with Crippen LogP contribution in [0, 0.1) is 6.92 Å². The quantitative estimate of drug-likeness (QED) is 0.627. The van der Waals surface area contributed by atoms with E-state index < -0.39 is 0 Å². The summed E-state index contributed by atoms with van der Waals surface area (Å²) in [6, 6.07) is 8.56. The highest BCUT2D eigenvalue weighted by atomic mass is 16.1. The van der Waals surface area contributed by atoms with Crippen LogP contribution >= 0.6 is 0 Å². The Kier molecular flexibility index (Phi) is 7.65. The van der Waals surface area contributed by atoms with Crippen molar-refractivity contribution in [3.63, 3.8) is 0 Å². The van der Waals surface area contributed by atoms with Crippen LogP contribution in [0.1, 0.15) is 65.3 Å². The van der Waals surface area contributed by atoms with Gasteiger partial charge in [-0.15, -0.1) is 0 Å². The molecule has 33 heavy (non-hydrogen) atoms. The van der Waals surface area contributed by atoms with Crippen LogP contribution in [0.4, 0.5) is 5.69 Å². The lowest BCUT2D eigenvalue weighted by Crippen LogP contribution is -2.37. The van der Waals surface area contributed by atoms with E-state index in [4.69, 9.17) is 0 Å². The highest BCUT2D eigenvalue weighted by molar-refractivity contribution is 5.97. The molecule has 6 nitrogen and oxygen atoms in total. The summed E-state index contributed by atoms with van der Waals surface area (Å²) in [5.41, 5.74) is 5.34. The molecule has 1 aromatic heterocycles. The van der Waals surface area contributed by atoms with Crippen molar-refractivity contribution in [3.8, 4) is 0 Å². The Morgan fingerprint density at radius 3 is 2.82 bits per heavy atom. The molecule has 1 saturated heterocycles. The number of benzene rings is 1. The van der Waals surface area contributed by atoms with Crippen molar-refractivity contribution >= 4 is 11.6 Å². The number of nitrogens with one attached hydrogen (secondary N) is 3. The summed E-state index contributed by atoms with van der Waals surface area (Å²) in [5.74, 6) is -0.120. The number of amides is 1. The molecule has 0 spiro atoms. The second-order valence-corrected chi connectivity index (χ2v) is 9.11. The fourth-order valence-electron chi connectivity index (χ4n) is 5.23. The highest BCUT2D eigenvalue weighted by Crippen LogP contribution is 2.30. The van der Waals surface area contributed by atoms with Crippen molar-refractivity contribution in [1.82, 2.24) is 15.6 Å². The van der Waals surface area contributed by atoms with E-state index in [0.29, 0.717) is 17.2 Å². The van der Waals surface area contributed by atoms with E-state index in [1.807, 2.05) is 25.1 Å². The van der Waals surface area contributed by atoms with Gasteiger partial charge in [0.1, 0.15) is 0 Å². The summed E-state index contributed by atoms with van der Waals surface area (Å²) in [5, 5.41) is 6.54. The maximum atomic E-state index is 13.3. The average molecular weight is 449 g/mol. The minimum Gasteiger partial charge on any atom is -0.369 e. The van der Waals surface area contributed by atoms with Gasteiger partial charge in [-0.2, -0.15) is 0 Å². The third-order valence-corrected chi connectivity index (χ3v) is 6.89. The fourth-order valence-corrected chi connectivity index (χ4v) is 5.23. The van der Waals surface area contributed by atoms with Crippen LogP contribution in [0.2, 0.25) is 0 Å². The van der Waals surface area contributed by atoms with E-state index in [9.17, 15) is 9.59 Å². The van der Waals surface area contributed by atoms with Gasteiger partial charge in [-0.25, -0.2) is 0 Å². The number of aryl methyl sites for hydroxylation is 2. The predicted octanol–water partition coefficient (Wildman–Crippen LogP) is 3.63. The van der Waals surface area contributed by atoms with Crippen LogP contribution in [-0.2, 0) is 19.4 Å². The first-order chi connectivity index (χ1) is 16.1. The standard InChI is InChI=1S/C27H36N4O2/c1-3-31(21-10-8-15-28-16-14-21)25-13-7-12-23-22(25)11-6-4-5-9-20-17-19(2)30-27(33)24(20)18-29-26(23)32/h4,6-7,12-13,17,21,28H,3,5,8-11,14-16,18H2,1-2H3,(H,29,32)(H,30,33)/b6-4+. The van der Waals surface area contributed by atoms with Gasteiger partial charge in [-0.05, 0) is 94.8 Å². The molecule has 1 amide bonds. The molecule has 0 radical (unpaired) electrons. The number of carbonyl (C=O) groups excluding carboxylic acids is 1. The number of allylic oxidation sites excluding steroid dienone is 2. The Morgan fingerprint density at radius 2 is 1.97 bits per heavy atom. The molecule has 2 aliphatic heterocycles. The van der Waals surface area contributed by atoms with Gasteiger partial charge in [-0.3, -0.25) is 9.59 Å². The zero-order valence-corrected chi connectivity index (χ0v) is 19.9. The van der Waals surface area contributed by atoms with E-state index in [-0.39, 0.29) is 18.0 Å². The average Bonchev–Trinajstić information content (AvgIpc) is 3.08. The summed E-state index contributed by atoms with van der Waals surface area (Å²) >= 11 is 0. The van der Waals surface area contributed by atoms with Crippen LogP contribution < -0.4 is 21.1 Å². The number of H-pyrrole nitrogens is 1. The van der Waals surface area contributed by atoms with Crippen LogP contribution in [0.3, 0.4) is 0 Å².